The second kappa shape index (κ2) is 4.19. The van der Waals surface area contributed by atoms with Crippen LogP contribution in [0.3, 0.4) is 0 Å². The number of nitro benzene ring substituents is 1. The van der Waals surface area contributed by atoms with Crippen molar-refractivity contribution in [3.05, 3.63) is 33.4 Å². The van der Waals surface area contributed by atoms with E-state index >= 15 is 0 Å². The number of hydrogen-bond acceptors (Lipinski definition) is 5. The number of carbonyl (C=O) groups is 1. The van der Waals surface area contributed by atoms with Crippen molar-refractivity contribution < 1.29 is 14.5 Å². The van der Waals surface area contributed by atoms with Crippen LogP contribution in [-0.4, -0.2) is 18.3 Å². The molecule has 0 spiro atoms. The maximum absolute atomic E-state index is 10.6. The first-order valence-electron chi connectivity index (χ1n) is 3.85. The fraction of sp³-hybridized carbons (Fsp3) is 0.111. The molecule has 1 aromatic rings. The number of nitriles is 1. The first-order chi connectivity index (χ1) is 7.13. The number of benzene rings is 1. The monoisotopic (exact) mass is 206 g/mol. The minimum absolute atomic E-state index is 0.0406. The largest absolute Gasteiger partial charge is 0.490 e. The molecule has 76 valence electrons. The van der Waals surface area contributed by atoms with E-state index in [0.29, 0.717) is 6.29 Å². The Labute approximate surface area is 84.8 Å². The maximum Gasteiger partial charge on any atom is 0.312 e. The average Bonchev–Trinajstić information content (AvgIpc) is 2.26. The molecule has 0 aliphatic carbocycles. The summed E-state index contributed by atoms with van der Waals surface area (Å²) in [7, 11) is 1.25. The predicted molar refractivity (Wildman–Crippen MR) is 49.8 cm³/mol. The molecule has 6 heteroatoms. The number of nitro groups is 1. The Kier molecular flexibility index (Phi) is 2.98. The molecule has 0 radical (unpaired) electrons. The number of rotatable bonds is 3. The van der Waals surface area contributed by atoms with Gasteiger partial charge in [-0.25, -0.2) is 0 Å². The Morgan fingerprint density at radius 2 is 2.27 bits per heavy atom. The number of nitrogens with zero attached hydrogens (tertiary/aromatic N) is 2. The predicted octanol–water partition coefficient (Wildman–Crippen LogP) is 1.29. The van der Waals surface area contributed by atoms with Gasteiger partial charge >= 0.3 is 5.69 Å². The summed E-state index contributed by atoms with van der Waals surface area (Å²) in [5.74, 6) is -0.0406. The average molecular weight is 206 g/mol. The lowest BCUT2D eigenvalue weighted by Crippen LogP contribution is -1.97. The second-order valence-electron chi connectivity index (χ2n) is 2.60. The molecule has 0 bridgehead atoms. The number of methoxy groups -OCH3 is 1. The Bertz CT molecular complexity index is 462. The third-order valence-electron chi connectivity index (χ3n) is 1.80. The smallest absolute Gasteiger partial charge is 0.312 e. The molecule has 15 heavy (non-hydrogen) atoms. The minimum atomic E-state index is -0.672. The van der Waals surface area contributed by atoms with Crippen molar-refractivity contribution in [3.8, 4) is 11.8 Å². The molecular weight excluding hydrogens is 200 g/mol. The van der Waals surface area contributed by atoms with Crippen LogP contribution in [0.25, 0.3) is 0 Å². The summed E-state index contributed by atoms with van der Waals surface area (Å²) in [6, 6.07) is 3.89. The summed E-state index contributed by atoms with van der Waals surface area (Å²) >= 11 is 0. The van der Waals surface area contributed by atoms with Crippen LogP contribution in [0.15, 0.2) is 12.1 Å². The van der Waals surface area contributed by atoms with Gasteiger partial charge in [0.2, 0.25) is 0 Å². The van der Waals surface area contributed by atoms with Crippen LogP contribution in [0.2, 0.25) is 0 Å². The molecule has 0 unspecified atom stereocenters. The zero-order chi connectivity index (χ0) is 11.4. The molecule has 0 aromatic heterocycles. The SMILES string of the molecule is COc1cc(C=O)c(C#N)cc1[N+](=O)[O-]. The Morgan fingerprint density at radius 3 is 2.67 bits per heavy atom. The molecule has 1 rings (SSSR count). The van der Waals surface area contributed by atoms with Crippen molar-refractivity contribution in [2.45, 2.75) is 0 Å². The fourth-order valence-corrected chi connectivity index (χ4v) is 1.08. The topological polar surface area (TPSA) is 93.2 Å². The lowest BCUT2D eigenvalue weighted by Gasteiger charge is -2.03. The van der Waals surface area contributed by atoms with Gasteiger partial charge in [-0.15, -0.1) is 0 Å². The molecule has 0 saturated carbocycles. The third-order valence-corrected chi connectivity index (χ3v) is 1.80. The number of hydrogen-bond donors (Lipinski definition) is 0. The van der Waals surface area contributed by atoms with Crippen LogP contribution >= 0.6 is 0 Å². The highest BCUT2D eigenvalue weighted by molar-refractivity contribution is 5.81. The van der Waals surface area contributed by atoms with Crippen molar-refractivity contribution >= 4 is 12.0 Å². The Balaban J connectivity index is 3.49. The Hall–Kier alpha value is -2.42. The zero-order valence-electron chi connectivity index (χ0n) is 7.76. The van der Waals surface area contributed by atoms with E-state index in [-0.39, 0.29) is 22.6 Å². The first kappa shape index (κ1) is 10.7. The van der Waals surface area contributed by atoms with Gasteiger partial charge < -0.3 is 4.74 Å². The van der Waals surface area contributed by atoms with Crippen LogP contribution in [0, 0.1) is 21.4 Å². The van der Waals surface area contributed by atoms with Crippen molar-refractivity contribution in [1.29, 1.82) is 5.26 Å². The molecule has 0 atom stereocenters. The van der Waals surface area contributed by atoms with E-state index in [2.05, 4.69) is 0 Å². The van der Waals surface area contributed by atoms with Gasteiger partial charge in [0, 0.05) is 11.6 Å². The van der Waals surface area contributed by atoms with Gasteiger partial charge in [-0.05, 0) is 6.07 Å². The highest BCUT2D eigenvalue weighted by Crippen LogP contribution is 2.29. The summed E-state index contributed by atoms with van der Waals surface area (Å²) in [5, 5.41) is 19.2. The minimum Gasteiger partial charge on any atom is -0.490 e. The molecule has 0 amide bonds. The van der Waals surface area contributed by atoms with E-state index < -0.39 is 4.92 Å². The fourth-order valence-electron chi connectivity index (χ4n) is 1.08. The van der Waals surface area contributed by atoms with E-state index in [4.69, 9.17) is 10.00 Å². The molecule has 0 aliphatic rings. The van der Waals surface area contributed by atoms with Crippen LogP contribution in [0.5, 0.6) is 5.75 Å². The molecule has 6 nitrogen and oxygen atoms in total. The lowest BCUT2D eigenvalue weighted by atomic mass is 10.1. The van der Waals surface area contributed by atoms with Gasteiger partial charge in [0.05, 0.1) is 17.6 Å². The van der Waals surface area contributed by atoms with Crippen LogP contribution in [-0.2, 0) is 0 Å². The van der Waals surface area contributed by atoms with Gasteiger partial charge in [-0.2, -0.15) is 5.26 Å². The van der Waals surface area contributed by atoms with Crippen molar-refractivity contribution in [2.75, 3.05) is 7.11 Å². The lowest BCUT2D eigenvalue weighted by molar-refractivity contribution is -0.385. The summed E-state index contributed by atoms with van der Waals surface area (Å²) in [6.07, 6.45) is 0.449. The quantitative estimate of drug-likeness (QED) is 0.422. The zero-order valence-corrected chi connectivity index (χ0v) is 7.76. The summed E-state index contributed by atoms with van der Waals surface area (Å²) in [6.45, 7) is 0. The molecule has 0 aliphatic heterocycles. The third kappa shape index (κ3) is 1.91. The highest BCUT2D eigenvalue weighted by atomic mass is 16.6. The van der Waals surface area contributed by atoms with Crippen LogP contribution in [0.1, 0.15) is 15.9 Å². The molecule has 0 heterocycles. The first-order valence-corrected chi connectivity index (χ1v) is 3.85. The standard InChI is InChI=1S/C9H6N2O4/c1-15-9-3-7(5-12)6(4-10)2-8(9)11(13)14/h2-3,5H,1H3. The van der Waals surface area contributed by atoms with Crippen LogP contribution < -0.4 is 4.74 Å². The van der Waals surface area contributed by atoms with Gasteiger partial charge in [0.1, 0.15) is 6.07 Å². The van der Waals surface area contributed by atoms with E-state index in [0.717, 1.165) is 6.07 Å². The Morgan fingerprint density at radius 1 is 1.60 bits per heavy atom. The molecule has 0 N–H and O–H groups in total. The second-order valence-corrected chi connectivity index (χ2v) is 2.60. The van der Waals surface area contributed by atoms with Crippen molar-refractivity contribution in [2.24, 2.45) is 0 Å². The van der Waals surface area contributed by atoms with E-state index in [1.807, 2.05) is 0 Å². The van der Waals surface area contributed by atoms with Gasteiger partial charge in [-0.1, -0.05) is 0 Å². The molecular formula is C9H6N2O4. The van der Waals surface area contributed by atoms with Crippen molar-refractivity contribution in [3.63, 3.8) is 0 Å². The van der Waals surface area contributed by atoms with E-state index in [1.54, 1.807) is 6.07 Å². The van der Waals surface area contributed by atoms with Crippen LogP contribution in [0.4, 0.5) is 5.69 Å². The van der Waals surface area contributed by atoms with Gasteiger partial charge in [0.15, 0.2) is 12.0 Å². The van der Waals surface area contributed by atoms with Crippen molar-refractivity contribution in [1.82, 2.24) is 0 Å². The highest BCUT2D eigenvalue weighted by Gasteiger charge is 2.18. The van der Waals surface area contributed by atoms with E-state index in [1.165, 1.54) is 13.2 Å². The summed E-state index contributed by atoms with van der Waals surface area (Å²) < 4.78 is 4.74. The normalized spacial score (nSPS) is 9.07. The van der Waals surface area contributed by atoms with Gasteiger partial charge in [0.25, 0.3) is 0 Å². The van der Waals surface area contributed by atoms with Gasteiger partial charge in [-0.3, -0.25) is 14.9 Å². The number of carbonyl (C=O) groups excluding carboxylic acids is 1. The number of ether oxygens (including phenoxy) is 1. The maximum atomic E-state index is 10.6. The van der Waals surface area contributed by atoms with E-state index in [9.17, 15) is 14.9 Å². The molecule has 0 fully saturated rings. The molecule has 1 aromatic carbocycles. The summed E-state index contributed by atoms with van der Waals surface area (Å²) in [4.78, 5) is 20.5. The molecule has 0 saturated heterocycles. The number of aldehydes is 1. The summed E-state index contributed by atoms with van der Waals surface area (Å²) in [5.41, 5.74) is -0.308.